The number of nitrogens with zero attached hydrogens (tertiary/aromatic N) is 1. The van der Waals surface area contributed by atoms with E-state index in [0.29, 0.717) is 0 Å². The summed E-state index contributed by atoms with van der Waals surface area (Å²) in [5.74, 6) is -2.36. The van der Waals surface area contributed by atoms with Crippen molar-refractivity contribution in [3.63, 3.8) is 0 Å². The maximum absolute atomic E-state index is 13.2. The lowest BCUT2D eigenvalue weighted by atomic mass is 9.90. The van der Waals surface area contributed by atoms with Gasteiger partial charge in [-0.1, -0.05) is 52.5 Å². The van der Waals surface area contributed by atoms with Gasteiger partial charge in [0.15, 0.2) is 0 Å². The molecule has 1 aromatic carbocycles. The number of hydrogen-bond donors (Lipinski definition) is 2. The van der Waals surface area contributed by atoms with Crippen molar-refractivity contribution < 1.29 is 34.1 Å². The van der Waals surface area contributed by atoms with Gasteiger partial charge in [-0.05, 0) is 6.42 Å². The van der Waals surface area contributed by atoms with Gasteiger partial charge in [-0.25, -0.2) is 0 Å². The molecule has 31 heavy (non-hydrogen) atoms. The largest absolute Gasteiger partial charge is 0.463 e. The molecule has 0 unspecified atom stereocenters. The van der Waals surface area contributed by atoms with Crippen LogP contribution in [-0.2, 0) is 14.3 Å². The van der Waals surface area contributed by atoms with Gasteiger partial charge < -0.3 is 19.7 Å². The maximum Gasteiger partial charge on any atom is 0.302 e. The Morgan fingerprint density at radius 1 is 1.03 bits per heavy atom. The van der Waals surface area contributed by atoms with Crippen LogP contribution in [0.25, 0.3) is 0 Å². The SMILES string of the molecule is C=CC[C@@H]1O[C@H](COC(C)=O)[C@H](O)[C@H](O)[C@@H]1N1C(=O)c2c(Cl)c(Cl)c(Cl)c(Cl)c2C1=O. The van der Waals surface area contributed by atoms with E-state index in [1.165, 1.54) is 13.0 Å². The van der Waals surface area contributed by atoms with Crippen LogP contribution in [0.15, 0.2) is 12.7 Å². The van der Waals surface area contributed by atoms with Gasteiger partial charge in [0.25, 0.3) is 11.8 Å². The minimum absolute atomic E-state index is 0.0986. The van der Waals surface area contributed by atoms with Crippen LogP contribution < -0.4 is 0 Å². The molecule has 1 saturated heterocycles. The Morgan fingerprint density at radius 3 is 2.00 bits per heavy atom. The smallest absolute Gasteiger partial charge is 0.302 e. The summed E-state index contributed by atoms with van der Waals surface area (Å²) < 4.78 is 10.6. The Morgan fingerprint density at radius 2 is 1.55 bits per heavy atom. The molecule has 0 radical (unpaired) electrons. The Kier molecular flexibility index (Phi) is 7.22. The average molecular weight is 513 g/mol. The average Bonchev–Trinajstić information content (AvgIpc) is 2.97. The van der Waals surface area contributed by atoms with E-state index in [1.807, 2.05) is 0 Å². The Balaban J connectivity index is 2.02. The summed E-state index contributed by atoms with van der Waals surface area (Å²) >= 11 is 24.4. The Labute approximate surface area is 197 Å². The standard InChI is InChI=1S/C19H17Cl4NO7/c1-3-4-7-15(17(27)16(26)8(31-7)5-30-6(2)25)24-18(28)9-10(19(24)29)12(21)14(23)13(22)11(9)20/h3,7-8,15-17,26-27H,1,4-5H2,2H3/t7-,8+,15+,16-,17+/m0/s1. The molecule has 3 rings (SSSR count). The molecule has 5 atom stereocenters. The number of esters is 1. The van der Waals surface area contributed by atoms with Gasteiger partial charge in [-0.2, -0.15) is 0 Å². The van der Waals surface area contributed by atoms with E-state index in [4.69, 9.17) is 55.9 Å². The summed E-state index contributed by atoms with van der Waals surface area (Å²) in [6.45, 7) is 4.46. The highest BCUT2D eigenvalue weighted by molar-refractivity contribution is 6.55. The van der Waals surface area contributed by atoms with Crippen LogP contribution in [-0.4, -0.2) is 70.0 Å². The van der Waals surface area contributed by atoms with E-state index < -0.39 is 48.2 Å². The fraction of sp³-hybridized carbons (Fsp3) is 0.421. The van der Waals surface area contributed by atoms with Crippen molar-refractivity contribution in [1.29, 1.82) is 0 Å². The number of carbonyl (C=O) groups excluding carboxylic acids is 3. The first-order valence-corrected chi connectivity index (χ1v) is 10.5. The molecule has 1 fully saturated rings. The molecule has 12 heteroatoms. The number of halogens is 4. The van der Waals surface area contributed by atoms with Crippen molar-refractivity contribution in [3.8, 4) is 0 Å². The van der Waals surface area contributed by atoms with Gasteiger partial charge in [0.05, 0.1) is 43.4 Å². The first-order valence-electron chi connectivity index (χ1n) is 9.02. The predicted molar refractivity (Wildman–Crippen MR) is 113 cm³/mol. The number of imide groups is 1. The van der Waals surface area contributed by atoms with Gasteiger partial charge in [-0.3, -0.25) is 19.3 Å². The monoisotopic (exact) mass is 511 g/mol. The van der Waals surface area contributed by atoms with Crippen molar-refractivity contribution in [2.24, 2.45) is 0 Å². The molecule has 0 saturated carbocycles. The summed E-state index contributed by atoms with van der Waals surface area (Å²) in [6, 6.07) is -1.32. The van der Waals surface area contributed by atoms with E-state index >= 15 is 0 Å². The lowest BCUT2D eigenvalue weighted by Gasteiger charge is -2.45. The van der Waals surface area contributed by atoms with Gasteiger partial charge in [0, 0.05) is 6.92 Å². The molecule has 0 aliphatic carbocycles. The third-order valence-corrected chi connectivity index (χ3v) is 6.89. The van der Waals surface area contributed by atoms with Gasteiger partial charge in [0.2, 0.25) is 0 Å². The molecule has 0 aromatic heterocycles. The number of benzene rings is 1. The summed E-state index contributed by atoms with van der Waals surface area (Å²) in [4.78, 5) is 38.1. The highest BCUT2D eigenvalue weighted by Crippen LogP contribution is 2.46. The zero-order valence-electron chi connectivity index (χ0n) is 16.0. The molecule has 2 heterocycles. The van der Waals surface area contributed by atoms with Crippen molar-refractivity contribution in [2.75, 3.05) is 6.61 Å². The highest BCUT2D eigenvalue weighted by Gasteiger charge is 2.54. The molecular weight excluding hydrogens is 496 g/mol. The zero-order valence-corrected chi connectivity index (χ0v) is 19.0. The molecule has 2 aliphatic rings. The molecule has 0 spiro atoms. The van der Waals surface area contributed by atoms with Gasteiger partial charge in [-0.15, -0.1) is 6.58 Å². The van der Waals surface area contributed by atoms with Gasteiger partial charge in [0.1, 0.15) is 24.9 Å². The topological polar surface area (TPSA) is 113 Å². The minimum Gasteiger partial charge on any atom is -0.463 e. The summed E-state index contributed by atoms with van der Waals surface area (Å²) in [7, 11) is 0. The normalized spacial score (nSPS) is 28.0. The zero-order chi connectivity index (χ0) is 23.2. The second kappa shape index (κ2) is 9.23. The molecule has 2 aliphatic heterocycles. The predicted octanol–water partition coefficient (Wildman–Crippen LogP) is 2.89. The van der Waals surface area contributed by atoms with E-state index in [-0.39, 0.29) is 44.2 Å². The second-order valence-electron chi connectivity index (χ2n) is 7.00. The van der Waals surface area contributed by atoms with Crippen LogP contribution in [0.5, 0.6) is 0 Å². The first-order chi connectivity index (χ1) is 14.5. The van der Waals surface area contributed by atoms with E-state index in [9.17, 15) is 24.6 Å². The molecule has 8 nitrogen and oxygen atoms in total. The van der Waals surface area contributed by atoms with E-state index in [2.05, 4.69) is 6.58 Å². The number of ether oxygens (including phenoxy) is 2. The van der Waals surface area contributed by atoms with E-state index in [1.54, 1.807) is 0 Å². The number of carbonyl (C=O) groups is 3. The fourth-order valence-corrected chi connectivity index (χ4v) is 4.69. The number of amides is 2. The number of aliphatic hydroxyl groups excluding tert-OH is 2. The van der Waals surface area contributed by atoms with Crippen LogP contribution in [0.2, 0.25) is 20.1 Å². The third-order valence-electron chi connectivity index (χ3n) is 5.09. The minimum atomic E-state index is -1.63. The van der Waals surface area contributed by atoms with Crippen molar-refractivity contribution in [3.05, 3.63) is 43.9 Å². The molecular formula is C19H17Cl4NO7. The summed E-state index contributed by atoms with van der Waals surface area (Å²) in [6.07, 6.45) is -3.72. The number of aliphatic hydroxyl groups is 2. The molecule has 1 aromatic rings. The lowest BCUT2D eigenvalue weighted by Crippen LogP contribution is -2.65. The van der Waals surface area contributed by atoms with E-state index in [0.717, 1.165) is 4.90 Å². The second-order valence-corrected chi connectivity index (χ2v) is 8.51. The number of hydrogen-bond acceptors (Lipinski definition) is 7. The first kappa shape index (κ1) is 24.3. The molecule has 0 bridgehead atoms. The highest BCUT2D eigenvalue weighted by atomic mass is 35.5. The summed E-state index contributed by atoms with van der Waals surface area (Å²) in [5.41, 5.74) is -0.515. The molecule has 168 valence electrons. The Bertz CT molecular complexity index is 922. The number of rotatable bonds is 5. The van der Waals surface area contributed by atoms with Crippen molar-refractivity contribution in [1.82, 2.24) is 4.90 Å². The van der Waals surface area contributed by atoms with Gasteiger partial charge >= 0.3 is 5.97 Å². The van der Waals surface area contributed by atoms with Crippen molar-refractivity contribution in [2.45, 2.75) is 43.8 Å². The molecule has 2 N–H and O–H groups in total. The van der Waals surface area contributed by atoms with Crippen LogP contribution in [0.3, 0.4) is 0 Å². The van der Waals surface area contributed by atoms with Crippen LogP contribution in [0.1, 0.15) is 34.1 Å². The Hall–Kier alpha value is -1.39. The van der Waals surface area contributed by atoms with Crippen molar-refractivity contribution >= 4 is 64.2 Å². The number of fused-ring (bicyclic) bond motifs is 1. The summed E-state index contributed by atoms with van der Waals surface area (Å²) in [5, 5.41) is 20.4. The lowest BCUT2D eigenvalue weighted by molar-refractivity contribution is -0.208. The fourth-order valence-electron chi connectivity index (χ4n) is 3.68. The molecule has 2 amide bonds. The quantitative estimate of drug-likeness (QED) is 0.205. The maximum atomic E-state index is 13.2. The third kappa shape index (κ3) is 4.06. The van der Waals surface area contributed by atoms with Crippen LogP contribution in [0, 0.1) is 0 Å². The van der Waals surface area contributed by atoms with Crippen LogP contribution >= 0.6 is 46.4 Å². The van der Waals surface area contributed by atoms with Crippen LogP contribution in [0.4, 0.5) is 0 Å².